The maximum Gasteiger partial charge on any atom is 0.255 e. The van der Waals surface area contributed by atoms with Crippen LogP contribution in [-0.2, 0) is 0 Å². The number of hydrogen-bond acceptors (Lipinski definition) is 3. The first kappa shape index (κ1) is 15.7. The maximum absolute atomic E-state index is 13.2. The zero-order valence-electron chi connectivity index (χ0n) is 13.1. The van der Waals surface area contributed by atoms with Crippen molar-refractivity contribution in [2.75, 3.05) is 10.6 Å². The molecule has 2 aromatic carbocycles. The molecule has 2 N–H and O–H groups in total. The van der Waals surface area contributed by atoms with E-state index in [1.807, 2.05) is 31.2 Å². The molecule has 120 valence electrons. The van der Waals surface area contributed by atoms with Crippen LogP contribution >= 0.6 is 0 Å². The Bertz CT molecular complexity index is 862. The smallest absolute Gasteiger partial charge is 0.255 e. The highest BCUT2D eigenvalue weighted by atomic mass is 19.1. The molecule has 1 aromatic heterocycles. The third-order valence-electron chi connectivity index (χ3n) is 3.52. The summed E-state index contributed by atoms with van der Waals surface area (Å²) in [4.78, 5) is 16.3. The SMILES string of the molecule is Cc1ccccc1Nc1ccc(NC(=O)c2cccc(F)c2)cn1. The van der Waals surface area contributed by atoms with E-state index in [-0.39, 0.29) is 11.5 Å². The highest BCUT2D eigenvalue weighted by molar-refractivity contribution is 6.04. The molecule has 5 heteroatoms. The van der Waals surface area contributed by atoms with E-state index in [0.29, 0.717) is 11.5 Å². The molecule has 0 unspecified atom stereocenters. The second-order valence-corrected chi connectivity index (χ2v) is 5.34. The standard InChI is InChI=1S/C19H16FN3O/c1-13-5-2-3-8-17(13)23-18-10-9-16(12-21-18)22-19(24)14-6-4-7-15(20)11-14/h2-12H,1H3,(H,21,23)(H,22,24). The number of hydrogen-bond donors (Lipinski definition) is 2. The molecule has 0 spiro atoms. The number of nitrogens with zero attached hydrogens (tertiary/aromatic N) is 1. The van der Waals surface area contributed by atoms with Crippen LogP contribution in [0.2, 0.25) is 0 Å². The molecule has 0 saturated heterocycles. The average Bonchev–Trinajstić information content (AvgIpc) is 2.58. The molecule has 1 heterocycles. The lowest BCUT2D eigenvalue weighted by atomic mass is 10.2. The quantitative estimate of drug-likeness (QED) is 0.742. The fraction of sp³-hybridized carbons (Fsp3) is 0.0526. The Morgan fingerprint density at radius 1 is 1.04 bits per heavy atom. The highest BCUT2D eigenvalue weighted by Gasteiger charge is 2.07. The van der Waals surface area contributed by atoms with Gasteiger partial charge >= 0.3 is 0 Å². The molecule has 1 amide bonds. The molecule has 0 aliphatic heterocycles. The number of carbonyl (C=O) groups is 1. The van der Waals surface area contributed by atoms with Gasteiger partial charge < -0.3 is 10.6 Å². The highest BCUT2D eigenvalue weighted by Crippen LogP contribution is 2.19. The van der Waals surface area contributed by atoms with Gasteiger partial charge in [-0.25, -0.2) is 9.37 Å². The lowest BCUT2D eigenvalue weighted by Crippen LogP contribution is -2.12. The second-order valence-electron chi connectivity index (χ2n) is 5.34. The Morgan fingerprint density at radius 3 is 2.58 bits per heavy atom. The molecular weight excluding hydrogens is 305 g/mol. The minimum atomic E-state index is -0.446. The summed E-state index contributed by atoms with van der Waals surface area (Å²) in [5.41, 5.74) is 2.89. The maximum atomic E-state index is 13.2. The van der Waals surface area contributed by atoms with Crippen molar-refractivity contribution in [3.63, 3.8) is 0 Å². The van der Waals surface area contributed by atoms with E-state index >= 15 is 0 Å². The monoisotopic (exact) mass is 321 g/mol. The number of halogens is 1. The van der Waals surface area contributed by atoms with E-state index in [4.69, 9.17) is 0 Å². The first-order valence-electron chi connectivity index (χ1n) is 7.47. The molecule has 0 aliphatic rings. The zero-order valence-corrected chi connectivity index (χ0v) is 13.1. The summed E-state index contributed by atoms with van der Waals surface area (Å²) >= 11 is 0. The Labute approximate surface area is 139 Å². The number of benzene rings is 2. The van der Waals surface area contributed by atoms with Crippen molar-refractivity contribution in [3.8, 4) is 0 Å². The molecule has 3 aromatic rings. The van der Waals surface area contributed by atoms with Gasteiger partial charge in [0, 0.05) is 11.3 Å². The number of anilines is 3. The molecular formula is C19H16FN3O. The Hall–Kier alpha value is -3.21. The van der Waals surface area contributed by atoms with Crippen LogP contribution in [0.15, 0.2) is 66.9 Å². The van der Waals surface area contributed by atoms with E-state index in [9.17, 15) is 9.18 Å². The van der Waals surface area contributed by atoms with Gasteiger partial charge in [-0.3, -0.25) is 4.79 Å². The number of nitrogens with one attached hydrogen (secondary N) is 2. The second kappa shape index (κ2) is 6.91. The number of amides is 1. The Morgan fingerprint density at radius 2 is 1.88 bits per heavy atom. The van der Waals surface area contributed by atoms with E-state index < -0.39 is 5.82 Å². The van der Waals surface area contributed by atoms with Gasteiger partial charge in [0.2, 0.25) is 0 Å². The van der Waals surface area contributed by atoms with Crippen LogP contribution in [0.3, 0.4) is 0 Å². The van der Waals surface area contributed by atoms with Gasteiger partial charge in [0.05, 0.1) is 11.9 Å². The van der Waals surface area contributed by atoms with Crippen LogP contribution < -0.4 is 10.6 Å². The molecule has 0 fully saturated rings. The molecule has 0 saturated carbocycles. The molecule has 0 aliphatic carbocycles. The number of rotatable bonds is 4. The topological polar surface area (TPSA) is 54.0 Å². The minimum Gasteiger partial charge on any atom is -0.340 e. The van der Waals surface area contributed by atoms with Crippen LogP contribution in [0.4, 0.5) is 21.6 Å². The van der Waals surface area contributed by atoms with Gasteiger partial charge in [-0.15, -0.1) is 0 Å². The summed E-state index contributed by atoms with van der Waals surface area (Å²) in [5.74, 6) is -0.150. The van der Waals surface area contributed by atoms with Crippen molar-refractivity contribution in [2.45, 2.75) is 6.92 Å². The molecule has 0 atom stereocenters. The van der Waals surface area contributed by atoms with Crippen LogP contribution in [0, 0.1) is 12.7 Å². The lowest BCUT2D eigenvalue weighted by molar-refractivity contribution is 0.102. The van der Waals surface area contributed by atoms with E-state index in [0.717, 1.165) is 11.3 Å². The number of carbonyl (C=O) groups excluding carboxylic acids is 1. The zero-order chi connectivity index (χ0) is 16.9. The fourth-order valence-corrected chi connectivity index (χ4v) is 2.23. The van der Waals surface area contributed by atoms with Crippen LogP contribution in [0.1, 0.15) is 15.9 Å². The number of para-hydroxylation sites is 1. The van der Waals surface area contributed by atoms with Gasteiger partial charge in [0.25, 0.3) is 5.91 Å². The number of pyridine rings is 1. The summed E-state index contributed by atoms with van der Waals surface area (Å²) in [7, 11) is 0. The van der Waals surface area contributed by atoms with Crippen LogP contribution in [0.5, 0.6) is 0 Å². The van der Waals surface area contributed by atoms with Crippen molar-refractivity contribution in [1.82, 2.24) is 4.98 Å². The van der Waals surface area contributed by atoms with Crippen LogP contribution in [-0.4, -0.2) is 10.9 Å². The van der Waals surface area contributed by atoms with Crippen LogP contribution in [0.25, 0.3) is 0 Å². The molecule has 0 bridgehead atoms. The molecule has 24 heavy (non-hydrogen) atoms. The largest absolute Gasteiger partial charge is 0.340 e. The number of aromatic nitrogens is 1. The van der Waals surface area contributed by atoms with Crippen molar-refractivity contribution in [2.24, 2.45) is 0 Å². The van der Waals surface area contributed by atoms with Gasteiger partial charge in [-0.2, -0.15) is 0 Å². The lowest BCUT2D eigenvalue weighted by Gasteiger charge is -2.09. The van der Waals surface area contributed by atoms with Gasteiger partial charge in [-0.1, -0.05) is 24.3 Å². The summed E-state index contributed by atoms with van der Waals surface area (Å²) < 4.78 is 13.2. The predicted octanol–water partition coefficient (Wildman–Crippen LogP) is 4.53. The molecule has 0 radical (unpaired) electrons. The predicted molar refractivity (Wildman–Crippen MR) is 93.1 cm³/mol. The minimum absolute atomic E-state index is 0.261. The normalized spacial score (nSPS) is 10.2. The van der Waals surface area contributed by atoms with E-state index in [1.54, 1.807) is 24.4 Å². The molecule has 4 nitrogen and oxygen atoms in total. The van der Waals surface area contributed by atoms with E-state index in [2.05, 4.69) is 15.6 Å². The summed E-state index contributed by atoms with van der Waals surface area (Å²) in [6.07, 6.45) is 1.55. The van der Waals surface area contributed by atoms with Gasteiger partial charge in [-0.05, 0) is 48.9 Å². The Kier molecular flexibility index (Phi) is 4.52. The van der Waals surface area contributed by atoms with Crippen molar-refractivity contribution < 1.29 is 9.18 Å². The van der Waals surface area contributed by atoms with Crippen molar-refractivity contribution >= 4 is 23.1 Å². The summed E-state index contributed by atoms with van der Waals surface area (Å²) in [6.45, 7) is 2.01. The third-order valence-corrected chi connectivity index (χ3v) is 3.52. The van der Waals surface area contributed by atoms with E-state index in [1.165, 1.54) is 18.2 Å². The third kappa shape index (κ3) is 3.76. The van der Waals surface area contributed by atoms with Gasteiger partial charge in [0.15, 0.2) is 0 Å². The fourth-order valence-electron chi connectivity index (χ4n) is 2.23. The van der Waals surface area contributed by atoms with Gasteiger partial charge in [0.1, 0.15) is 11.6 Å². The average molecular weight is 321 g/mol. The number of aryl methyl sites for hydroxylation is 1. The van der Waals surface area contributed by atoms with Crippen molar-refractivity contribution in [1.29, 1.82) is 0 Å². The first-order valence-corrected chi connectivity index (χ1v) is 7.47. The summed E-state index contributed by atoms with van der Waals surface area (Å²) in [6, 6.07) is 17.0. The summed E-state index contributed by atoms with van der Waals surface area (Å²) in [5, 5.41) is 5.91. The molecule has 3 rings (SSSR count). The first-order chi connectivity index (χ1) is 11.6. The van der Waals surface area contributed by atoms with Crippen molar-refractivity contribution in [3.05, 3.63) is 83.8 Å². The Balaban J connectivity index is 1.68.